The van der Waals surface area contributed by atoms with Crippen LogP contribution in [0.1, 0.15) is 25.0 Å². The largest absolute Gasteiger partial charge is 0.454 e. The van der Waals surface area contributed by atoms with Crippen molar-refractivity contribution in [2.24, 2.45) is 0 Å². The van der Waals surface area contributed by atoms with E-state index >= 15 is 0 Å². The summed E-state index contributed by atoms with van der Waals surface area (Å²) in [7, 11) is 0. The van der Waals surface area contributed by atoms with E-state index in [1.165, 1.54) is 38.9 Å². The van der Waals surface area contributed by atoms with Crippen LogP contribution in [0.15, 0.2) is 188 Å². The van der Waals surface area contributed by atoms with E-state index in [-0.39, 0.29) is 5.41 Å². The second-order valence-corrected chi connectivity index (χ2v) is 14.5. The van der Waals surface area contributed by atoms with Gasteiger partial charge in [0.25, 0.3) is 0 Å². The van der Waals surface area contributed by atoms with Gasteiger partial charge in [-0.05, 0) is 98.1 Å². The summed E-state index contributed by atoms with van der Waals surface area (Å²) in [5.41, 5.74) is 17.4. The van der Waals surface area contributed by atoms with Crippen LogP contribution in [0.25, 0.3) is 55.6 Å². The van der Waals surface area contributed by atoms with Crippen LogP contribution in [-0.4, -0.2) is 0 Å². The Hall–Kier alpha value is -6.64. The van der Waals surface area contributed by atoms with E-state index in [0.29, 0.717) is 0 Å². The summed E-state index contributed by atoms with van der Waals surface area (Å²) < 4.78 is 7.14. The van der Waals surface area contributed by atoms with Gasteiger partial charge in [0.05, 0.1) is 5.69 Å². The smallest absolute Gasteiger partial charge is 0.159 e. The lowest BCUT2D eigenvalue weighted by Crippen LogP contribution is -2.17. The van der Waals surface area contributed by atoms with Crippen molar-refractivity contribution >= 4 is 17.1 Å². The molecule has 53 heavy (non-hydrogen) atoms. The Labute approximate surface area is 311 Å². The molecule has 8 aromatic rings. The summed E-state index contributed by atoms with van der Waals surface area (Å²) in [5.74, 6) is 1.67. The number of benzene rings is 8. The van der Waals surface area contributed by atoms with Crippen LogP contribution in [0, 0.1) is 0 Å². The molecule has 0 fully saturated rings. The van der Waals surface area contributed by atoms with Crippen molar-refractivity contribution < 1.29 is 4.74 Å². The van der Waals surface area contributed by atoms with Crippen molar-refractivity contribution in [3.05, 3.63) is 199 Å². The summed E-state index contributed by atoms with van der Waals surface area (Å²) in [4.78, 5) is 2.39. The predicted octanol–water partition coefficient (Wildman–Crippen LogP) is 14.2. The van der Waals surface area contributed by atoms with Gasteiger partial charge in [0.1, 0.15) is 5.75 Å². The Balaban J connectivity index is 1.22. The van der Waals surface area contributed by atoms with Crippen LogP contribution in [-0.2, 0) is 5.41 Å². The van der Waals surface area contributed by atoms with Crippen LogP contribution < -0.4 is 9.64 Å². The highest BCUT2D eigenvalue weighted by Gasteiger charge is 2.36. The Morgan fingerprint density at radius 2 is 0.962 bits per heavy atom. The molecule has 0 aromatic heterocycles. The SMILES string of the molecule is CC1(C)c2ccccc2-c2ccc(N(c3cccc(-c4ccccc4)c3)c3cccc4c3Oc3ccccc3-c3ccc(-c5ccccc5)cc3-4)cc21. The number of rotatable bonds is 5. The number of nitrogens with zero attached hydrogens (tertiary/aromatic N) is 1. The summed E-state index contributed by atoms with van der Waals surface area (Å²) in [6.45, 7) is 4.69. The second-order valence-electron chi connectivity index (χ2n) is 14.5. The molecule has 2 nitrogen and oxygen atoms in total. The van der Waals surface area contributed by atoms with Crippen LogP contribution in [0.3, 0.4) is 0 Å². The summed E-state index contributed by atoms with van der Waals surface area (Å²) in [6, 6.07) is 67.7. The lowest BCUT2D eigenvalue weighted by atomic mass is 9.82. The van der Waals surface area contributed by atoms with Crippen molar-refractivity contribution in [3.63, 3.8) is 0 Å². The molecular weight excluding hydrogens is 643 g/mol. The highest BCUT2D eigenvalue weighted by Crippen LogP contribution is 2.55. The average Bonchev–Trinajstić information content (AvgIpc) is 3.34. The molecular formula is C51H37NO. The van der Waals surface area contributed by atoms with Crippen LogP contribution in [0.5, 0.6) is 11.5 Å². The summed E-state index contributed by atoms with van der Waals surface area (Å²) in [5, 5.41) is 0. The molecule has 2 heteroatoms. The van der Waals surface area contributed by atoms with Crippen molar-refractivity contribution in [3.8, 4) is 67.1 Å². The van der Waals surface area contributed by atoms with E-state index in [2.05, 4.69) is 207 Å². The van der Waals surface area contributed by atoms with E-state index in [0.717, 1.165) is 56.4 Å². The van der Waals surface area contributed by atoms with Crippen LogP contribution in [0.2, 0.25) is 0 Å². The zero-order valence-electron chi connectivity index (χ0n) is 29.8. The van der Waals surface area contributed by atoms with Gasteiger partial charge in [-0.2, -0.15) is 0 Å². The highest BCUT2D eigenvalue weighted by molar-refractivity contribution is 5.97. The van der Waals surface area contributed by atoms with Crippen molar-refractivity contribution in [2.75, 3.05) is 4.90 Å². The maximum atomic E-state index is 7.14. The van der Waals surface area contributed by atoms with Gasteiger partial charge in [-0.25, -0.2) is 0 Å². The monoisotopic (exact) mass is 679 g/mol. The molecule has 1 aliphatic heterocycles. The van der Waals surface area contributed by atoms with E-state index in [9.17, 15) is 0 Å². The third kappa shape index (κ3) is 5.10. The normalized spacial score (nSPS) is 13.0. The third-order valence-corrected chi connectivity index (χ3v) is 11.1. The Morgan fingerprint density at radius 1 is 0.377 bits per heavy atom. The quantitative estimate of drug-likeness (QED) is 0.180. The second kappa shape index (κ2) is 12.3. The fourth-order valence-corrected chi connectivity index (χ4v) is 8.43. The number of ether oxygens (including phenoxy) is 1. The van der Waals surface area contributed by atoms with E-state index in [1.54, 1.807) is 0 Å². The molecule has 0 bridgehead atoms. The van der Waals surface area contributed by atoms with E-state index in [1.807, 2.05) is 0 Å². The lowest BCUT2D eigenvalue weighted by molar-refractivity contribution is 0.489. The molecule has 0 saturated carbocycles. The minimum Gasteiger partial charge on any atom is -0.454 e. The summed E-state index contributed by atoms with van der Waals surface area (Å²) >= 11 is 0. The highest BCUT2D eigenvalue weighted by atomic mass is 16.5. The summed E-state index contributed by atoms with van der Waals surface area (Å²) in [6.07, 6.45) is 0. The lowest BCUT2D eigenvalue weighted by Gasteiger charge is -2.30. The Bertz CT molecular complexity index is 2670. The molecule has 0 spiro atoms. The molecule has 0 amide bonds. The van der Waals surface area contributed by atoms with Gasteiger partial charge < -0.3 is 9.64 Å². The fraction of sp³-hybridized carbons (Fsp3) is 0.0588. The molecule has 1 heterocycles. The number of anilines is 3. The van der Waals surface area contributed by atoms with Gasteiger partial charge in [0.2, 0.25) is 0 Å². The molecule has 10 rings (SSSR count). The van der Waals surface area contributed by atoms with Gasteiger partial charge >= 0.3 is 0 Å². The van der Waals surface area contributed by atoms with Gasteiger partial charge in [0, 0.05) is 27.9 Å². The first-order valence-corrected chi connectivity index (χ1v) is 18.3. The van der Waals surface area contributed by atoms with Gasteiger partial charge in [-0.1, -0.05) is 159 Å². The zero-order valence-corrected chi connectivity index (χ0v) is 29.8. The molecule has 2 aliphatic rings. The number of fused-ring (bicyclic) bond motifs is 8. The van der Waals surface area contributed by atoms with E-state index in [4.69, 9.17) is 4.74 Å². The minimum absolute atomic E-state index is 0.144. The maximum absolute atomic E-state index is 7.14. The standard InChI is InChI=1S/C51H37NO/c1-51(2)46-24-11-9-21-41(46)42-30-28-39(33-47(42)51)52(38-20-13-19-36(31-38)34-15-5-3-6-16-34)48-25-14-23-44-45-32-37(35-17-7-4-8-18-35)27-29-40(45)43-22-10-12-26-49(43)53-50(44)48/h3-33H,1-2H3. The maximum Gasteiger partial charge on any atom is 0.159 e. The molecule has 252 valence electrons. The van der Waals surface area contributed by atoms with Crippen molar-refractivity contribution in [1.29, 1.82) is 0 Å². The fourth-order valence-electron chi connectivity index (χ4n) is 8.43. The van der Waals surface area contributed by atoms with Gasteiger partial charge in [0.15, 0.2) is 5.75 Å². The van der Waals surface area contributed by atoms with Crippen molar-refractivity contribution in [2.45, 2.75) is 19.3 Å². The Kier molecular flexibility index (Phi) is 7.19. The van der Waals surface area contributed by atoms with Gasteiger partial charge in [-0.3, -0.25) is 0 Å². The third-order valence-electron chi connectivity index (χ3n) is 11.1. The topological polar surface area (TPSA) is 12.5 Å². The number of hydrogen-bond donors (Lipinski definition) is 0. The number of para-hydroxylation sites is 2. The molecule has 8 aromatic carbocycles. The first kappa shape index (κ1) is 31.1. The molecule has 0 radical (unpaired) electrons. The number of hydrogen-bond acceptors (Lipinski definition) is 2. The molecule has 0 saturated heterocycles. The molecule has 0 atom stereocenters. The molecule has 0 unspecified atom stereocenters. The minimum atomic E-state index is -0.144. The molecule has 1 aliphatic carbocycles. The van der Waals surface area contributed by atoms with E-state index < -0.39 is 0 Å². The van der Waals surface area contributed by atoms with Crippen molar-refractivity contribution in [1.82, 2.24) is 0 Å². The Morgan fingerprint density at radius 3 is 1.75 bits per heavy atom. The van der Waals surface area contributed by atoms with Gasteiger partial charge in [-0.15, -0.1) is 0 Å². The zero-order chi connectivity index (χ0) is 35.5. The van der Waals surface area contributed by atoms with Crippen LogP contribution in [0.4, 0.5) is 17.1 Å². The van der Waals surface area contributed by atoms with Crippen LogP contribution >= 0.6 is 0 Å². The molecule has 0 N–H and O–H groups in total. The first-order valence-electron chi connectivity index (χ1n) is 18.3. The average molecular weight is 680 g/mol. The predicted molar refractivity (Wildman–Crippen MR) is 221 cm³/mol. The first-order chi connectivity index (χ1) is 26.0.